The fourth-order valence-electron chi connectivity index (χ4n) is 2.29. The lowest BCUT2D eigenvalue weighted by Crippen LogP contribution is -2.34. The van der Waals surface area contributed by atoms with Crippen molar-refractivity contribution < 1.29 is 9.18 Å². The van der Waals surface area contributed by atoms with E-state index in [0.29, 0.717) is 11.4 Å². The average Bonchev–Trinajstić information content (AvgIpc) is 2.62. The summed E-state index contributed by atoms with van der Waals surface area (Å²) >= 11 is 0. The summed E-state index contributed by atoms with van der Waals surface area (Å²) in [5.41, 5.74) is 0.859. The smallest absolute Gasteiger partial charge is 0.324 e. The van der Waals surface area contributed by atoms with Crippen LogP contribution < -0.4 is 11.0 Å². The third-order valence-corrected chi connectivity index (χ3v) is 3.62. The molecule has 0 unspecified atom stereocenters. The molecular weight excluding hydrogens is 323 g/mol. The van der Waals surface area contributed by atoms with Crippen molar-refractivity contribution in [1.82, 2.24) is 14.8 Å². The maximum Gasteiger partial charge on any atom is 0.365 e. The number of hydrogen-bond donors (Lipinski definition) is 1. The van der Waals surface area contributed by atoms with E-state index in [1.165, 1.54) is 31.3 Å². The number of aromatic nitrogens is 3. The van der Waals surface area contributed by atoms with Crippen LogP contribution in [0.1, 0.15) is 13.0 Å². The van der Waals surface area contributed by atoms with Crippen molar-refractivity contribution in [1.29, 1.82) is 0 Å². The second-order valence-electron chi connectivity index (χ2n) is 5.41. The molecule has 0 saturated carbocycles. The summed E-state index contributed by atoms with van der Waals surface area (Å²) in [7, 11) is 0. The van der Waals surface area contributed by atoms with Gasteiger partial charge in [-0.1, -0.05) is 36.4 Å². The van der Waals surface area contributed by atoms with Gasteiger partial charge in [0, 0.05) is 11.3 Å². The van der Waals surface area contributed by atoms with Crippen LogP contribution in [-0.4, -0.2) is 20.7 Å². The number of amides is 1. The lowest BCUT2D eigenvalue weighted by atomic mass is 10.2. The Balaban J connectivity index is 1.81. The highest BCUT2D eigenvalue weighted by Gasteiger charge is 2.18. The third-order valence-electron chi connectivity index (χ3n) is 3.62. The van der Waals surface area contributed by atoms with Crippen LogP contribution in [0.3, 0.4) is 0 Å². The molecule has 3 rings (SSSR count). The predicted molar refractivity (Wildman–Crippen MR) is 91.5 cm³/mol. The van der Waals surface area contributed by atoms with Gasteiger partial charge in [-0.15, -0.1) is 0 Å². The average molecular weight is 338 g/mol. The van der Waals surface area contributed by atoms with Gasteiger partial charge in [-0.2, -0.15) is 10.1 Å². The molecule has 0 aliphatic heterocycles. The van der Waals surface area contributed by atoms with E-state index in [1.54, 1.807) is 6.07 Å². The second kappa shape index (κ2) is 7.04. The Morgan fingerprint density at radius 1 is 1.16 bits per heavy atom. The minimum absolute atomic E-state index is 0.304. The van der Waals surface area contributed by atoms with Crippen molar-refractivity contribution in [2.24, 2.45) is 0 Å². The lowest BCUT2D eigenvalue weighted by Gasteiger charge is -2.13. The number of carbonyl (C=O) groups excluding carboxylic acids is 1. The van der Waals surface area contributed by atoms with Crippen molar-refractivity contribution in [3.63, 3.8) is 0 Å². The standard InChI is InChI=1S/C18H15FN4O2/c1-12(17(24)21-15-9-5-8-14(19)10-15)23-18(25)22-16(11-20-23)13-6-3-2-4-7-13/h2-12H,1H3,(H,21,24)/t12-/m0/s1. The normalized spacial score (nSPS) is 11.8. The van der Waals surface area contributed by atoms with Crippen LogP contribution in [0.2, 0.25) is 0 Å². The van der Waals surface area contributed by atoms with Crippen molar-refractivity contribution in [3.8, 4) is 11.3 Å². The number of nitrogens with one attached hydrogen (secondary N) is 1. The molecule has 1 aromatic heterocycles. The molecule has 2 aromatic carbocycles. The molecule has 1 heterocycles. The van der Waals surface area contributed by atoms with Crippen molar-refractivity contribution >= 4 is 11.6 Å². The molecule has 3 aromatic rings. The van der Waals surface area contributed by atoms with E-state index in [0.717, 1.165) is 10.2 Å². The number of benzene rings is 2. The number of hydrogen-bond acceptors (Lipinski definition) is 4. The molecular formula is C18H15FN4O2. The molecule has 6 nitrogen and oxygen atoms in total. The van der Waals surface area contributed by atoms with Gasteiger partial charge in [0.2, 0.25) is 5.91 Å². The van der Waals surface area contributed by atoms with E-state index in [9.17, 15) is 14.0 Å². The summed E-state index contributed by atoms with van der Waals surface area (Å²) in [6.07, 6.45) is 1.43. The molecule has 0 radical (unpaired) electrons. The van der Waals surface area contributed by atoms with Gasteiger partial charge >= 0.3 is 5.69 Å². The first-order valence-corrected chi connectivity index (χ1v) is 7.62. The molecule has 1 amide bonds. The van der Waals surface area contributed by atoms with E-state index >= 15 is 0 Å². The van der Waals surface area contributed by atoms with Crippen LogP contribution in [0.4, 0.5) is 10.1 Å². The van der Waals surface area contributed by atoms with Crippen LogP contribution in [-0.2, 0) is 4.79 Å². The van der Waals surface area contributed by atoms with E-state index in [4.69, 9.17) is 0 Å². The minimum Gasteiger partial charge on any atom is -0.324 e. The molecule has 1 N–H and O–H groups in total. The van der Waals surface area contributed by atoms with Crippen LogP contribution in [0, 0.1) is 5.82 Å². The maximum atomic E-state index is 13.2. The quantitative estimate of drug-likeness (QED) is 0.793. The first-order chi connectivity index (χ1) is 12.0. The number of anilines is 1. The molecule has 1 atom stereocenters. The van der Waals surface area contributed by atoms with Crippen LogP contribution in [0.15, 0.2) is 65.6 Å². The summed E-state index contributed by atoms with van der Waals surface area (Å²) in [6, 6.07) is 13.8. The van der Waals surface area contributed by atoms with Crippen molar-refractivity contribution in [2.45, 2.75) is 13.0 Å². The summed E-state index contributed by atoms with van der Waals surface area (Å²) in [5.74, 6) is -0.955. The minimum atomic E-state index is -0.895. The zero-order valence-corrected chi connectivity index (χ0v) is 13.4. The third kappa shape index (κ3) is 3.77. The van der Waals surface area contributed by atoms with Crippen molar-refractivity contribution in [3.05, 3.63) is 77.1 Å². The summed E-state index contributed by atoms with van der Waals surface area (Å²) in [5, 5.41) is 6.59. The van der Waals surface area contributed by atoms with Gasteiger partial charge in [-0.05, 0) is 25.1 Å². The molecule has 0 aliphatic carbocycles. The van der Waals surface area contributed by atoms with E-state index in [2.05, 4.69) is 15.4 Å². The zero-order valence-electron chi connectivity index (χ0n) is 13.4. The fraction of sp³-hybridized carbons (Fsp3) is 0.111. The highest BCUT2D eigenvalue weighted by Crippen LogP contribution is 2.14. The summed E-state index contributed by atoms with van der Waals surface area (Å²) in [6.45, 7) is 1.52. The Hall–Kier alpha value is -3.35. The number of halogens is 1. The van der Waals surface area contributed by atoms with Gasteiger partial charge in [0.25, 0.3) is 0 Å². The molecule has 0 aliphatic rings. The Kier molecular flexibility index (Phi) is 4.65. The van der Waals surface area contributed by atoms with Crippen LogP contribution in [0.25, 0.3) is 11.3 Å². The first-order valence-electron chi connectivity index (χ1n) is 7.62. The second-order valence-corrected chi connectivity index (χ2v) is 5.41. The Bertz CT molecular complexity index is 957. The molecule has 7 heteroatoms. The first kappa shape index (κ1) is 16.5. The van der Waals surface area contributed by atoms with Crippen LogP contribution >= 0.6 is 0 Å². The molecule has 25 heavy (non-hydrogen) atoms. The van der Waals surface area contributed by atoms with Gasteiger partial charge in [0.1, 0.15) is 11.9 Å². The maximum absolute atomic E-state index is 13.2. The lowest BCUT2D eigenvalue weighted by molar-refractivity contribution is -0.119. The van der Waals surface area contributed by atoms with Gasteiger partial charge in [-0.25, -0.2) is 13.9 Å². The predicted octanol–water partition coefficient (Wildman–Crippen LogP) is 2.64. The Labute approximate surface area is 143 Å². The molecule has 0 saturated heterocycles. The molecule has 0 spiro atoms. The van der Waals surface area contributed by atoms with Crippen molar-refractivity contribution in [2.75, 3.05) is 5.32 Å². The molecule has 126 valence electrons. The number of carbonyl (C=O) groups is 1. The zero-order chi connectivity index (χ0) is 17.8. The summed E-state index contributed by atoms with van der Waals surface area (Å²) < 4.78 is 14.2. The Morgan fingerprint density at radius 3 is 2.60 bits per heavy atom. The topological polar surface area (TPSA) is 76.9 Å². The van der Waals surface area contributed by atoms with Gasteiger partial charge in [0.15, 0.2) is 0 Å². The van der Waals surface area contributed by atoms with Gasteiger partial charge in [-0.3, -0.25) is 4.79 Å². The molecule has 0 bridgehead atoms. The summed E-state index contributed by atoms with van der Waals surface area (Å²) in [4.78, 5) is 28.5. The fourth-order valence-corrected chi connectivity index (χ4v) is 2.29. The van der Waals surface area contributed by atoms with Gasteiger partial charge in [0.05, 0.1) is 11.9 Å². The van der Waals surface area contributed by atoms with E-state index in [-0.39, 0.29) is 0 Å². The van der Waals surface area contributed by atoms with Crippen LogP contribution in [0.5, 0.6) is 0 Å². The van der Waals surface area contributed by atoms with E-state index in [1.807, 2.05) is 30.3 Å². The Morgan fingerprint density at radius 2 is 1.92 bits per heavy atom. The number of nitrogens with zero attached hydrogens (tertiary/aromatic N) is 3. The number of rotatable bonds is 4. The SMILES string of the molecule is C[C@@H](C(=O)Nc1cccc(F)c1)n1ncc(-c2ccccc2)nc1=O. The highest BCUT2D eigenvalue weighted by molar-refractivity contribution is 5.93. The monoisotopic (exact) mass is 338 g/mol. The van der Waals surface area contributed by atoms with E-state index < -0.39 is 23.5 Å². The largest absolute Gasteiger partial charge is 0.365 e. The highest BCUT2D eigenvalue weighted by atomic mass is 19.1. The molecule has 0 fully saturated rings. The van der Waals surface area contributed by atoms with Gasteiger partial charge < -0.3 is 5.32 Å².